The van der Waals surface area contributed by atoms with Gasteiger partial charge in [0.2, 0.25) is 0 Å². The first-order valence-electron chi connectivity index (χ1n) is 11.8. The number of Topliss-reactive ketones (excluding diaryl/α,β-unsaturated/α-hetero) is 1. The third-order valence-corrected chi connectivity index (χ3v) is 5.96. The van der Waals surface area contributed by atoms with Crippen molar-refractivity contribution in [3.63, 3.8) is 0 Å². The van der Waals surface area contributed by atoms with Crippen molar-refractivity contribution in [3.05, 3.63) is 101 Å². The summed E-state index contributed by atoms with van der Waals surface area (Å²) in [6.45, 7) is 13.8. The molecule has 0 amide bonds. The first-order valence-corrected chi connectivity index (χ1v) is 11.8. The van der Waals surface area contributed by atoms with E-state index in [4.69, 9.17) is 4.74 Å². The number of ether oxygens (including phenoxy) is 1. The lowest BCUT2D eigenvalue weighted by Gasteiger charge is -2.14. The van der Waals surface area contributed by atoms with Crippen LogP contribution in [0, 0.1) is 0 Å². The standard InChI is InChI=1S/C31H36O3/c1-7-10-11-26(8-2)31(24(6)32)23(5)22(4)27-17-19-29(20-18-27)28-15-12-25(13-16-28)14-21-30(33)34-9-3/h7-8,10,12-13,15-20H,2,9,11,14,21H2,1,3-6H3/b10-7-,23-22+,31-26+. The van der Waals surface area contributed by atoms with E-state index in [1.54, 1.807) is 13.0 Å². The van der Waals surface area contributed by atoms with Crippen molar-refractivity contribution in [2.45, 2.75) is 53.9 Å². The van der Waals surface area contributed by atoms with Gasteiger partial charge >= 0.3 is 5.97 Å². The predicted molar refractivity (Wildman–Crippen MR) is 142 cm³/mol. The molecule has 3 heteroatoms. The fraction of sp³-hybridized carbons (Fsp3) is 0.290. The van der Waals surface area contributed by atoms with Crippen LogP contribution in [0.15, 0.2) is 90.1 Å². The van der Waals surface area contributed by atoms with Crippen LogP contribution in [0.3, 0.4) is 0 Å². The van der Waals surface area contributed by atoms with Gasteiger partial charge in [-0.15, -0.1) is 0 Å². The average Bonchev–Trinajstić information content (AvgIpc) is 2.85. The number of carbonyl (C=O) groups is 2. The van der Waals surface area contributed by atoms with Gasteiger partial charge in [-0.05, 0) is 86.4 Å². The topological polar surface area (TPSA) is 43.4 Å². The normalized spacial score (nSPS) is 12.7. The molecule has 0 spiro atoms. The summed E-state index contributed by atoms with van der Waals surface area (Å²) in [7, 11) is 0. The second-order valence-corrected chi connectivity index (χ2v) is 8.26. The summed E-state index contributed by atoms with van der Waals surface area (Å²) in [5.41, 5.74) is 8.18. The Labute approximate surface area is 204 Å². The van der Waals surface area contributed by atoms with Crippen molar-refractivity contribution in [1.82, 2.24) is 0 Å². The Morgan fingerprint density at radius 1 is 0.941 bits per heavy atom. The zero-order chi connectivity index (χ0) is 25.1. The summed E-state index contributed by atoms with van der Waals surface area (Å²) in [6.07, 6.45) is 7.57. The van der Waals surface area contributed by atoms with Gasteiger partial charge in [-0.3, -0.25) is 9.59 Å². The summed E-state index contributed by atoms with van der Waals surface area (Å²) in [4.78, 5) is 24.0. The first kappa shape index (κ1) is 26.8. The molecule has 178 valence electrons. The third-order valence-electron chi connectivity index (χ3n) is 5.96. The van der Waals surface area contributed by atoms with E-state index in [1.807, 2.05) is 32.9 Å². The largest absolute Gasteiger partial charge is 0.466 e. The second-order valence-electron chi connectivity index (χ2n) is 8.26. The van der Waals surface area contributed by atoms with Crippen LogP contribution in [0.4, 0.5) is 0 Å². The van der Waals surface area contributed by atoms with Crippen molar-refractivity contribution in [2.24, 2.45) is 0 Å². The van der Waals surface area contributed by atoms with Crippen LogP contribution in [-0.2, 0) is 20.7 Å². The van der Waals surface area contributed by atoms with Crippen molar-refractivity contribution in [1.29, 1.82) is 0 Å². The number of allylic oxidation sites excluding steroid dienone is 7. The molecule has 0 atom stereocenters. The predicted octanol–water partition coefficient (Wildman–Crippen LogP) is 7.68. The quantitative estimate of drug-likeness (QED) is 0.151. The highest BCUT2D eigenvalue weighted by Crippen LogP contribution is 2.29. The Balaban J connectivity index is 2.26. The zero-order valence-corrected chi connectivity index (χ0v) is 21.1. The summed E-state index contributed by atoms with van der Waals surface area (Å²) in [5.74, 6) is -0.110. The van der Waals surface area contributed by atoms with Gasteiger partial charge in [-0.25, -0.2) is 0 Å². The molecular formula is C31H36O3. The lowest BCUT2D eigenvalue weighted by molar-refractivity contribution is -0.143. The highest BCUT2D eigenvalue weighted by Gasteiger charge is 2.14. The van der Waals surface area contributed by atoms with Crippen LogP contribution in [0.1, 0.15) is 58.6 Å². The van der Waals surface area contributed by atoms with Crippen LogP contribution in [0.2, 0.25) is 0 Å². The van der Waals surface area contributed by atoms with Gasteiger partial charge in [-0.1, -0.05) is 73.3 Å². The maximum atomic E-state index is 12.5. The average molecular weight is 457 g/mol. The van der Waals surface area contributed by atoms with Crippen molar-refractivity contribution >= 4 is 17.3 Å². The van der Waals surface area contributed by atoms with E-state index in [1.165, 1.54) is 0 Å². The van der Waals surface area contributed by atoms with Gasteiger partial charge in [0.25, 0.3) is 0 Å². The van der Waals surface area contributed by atoms with Crippen LogP contribution in [-0.4, -0.2) is 18.4 Å². The number of aryl methyl sites for hydroxylation is 1. The molecule has 0 radical (unpaired) electrons. The number of hydrogen-bond acceptors (Lipinski definition) is 3. The molecule has 0 saturated heterocycles. The van der Waals surface area contributed by atoms with E-state index in [-0.39, 0.29) is 11.8 Å². The molecule has 0 aliphatic rings. The molecule has 0 heterocycles. The smallest absolute Gasteiger partial charge is 0.306 e. The molecule has 0 aliphatic heterocycles. The molecular weight excluding hydrogens is 420 g/mol. The summed E-state index contributed by atoms with van der Waals surface area (Å²) in [5, 5.41) is 0. The van der Waals surface area contributed by atoms with Gasteiger partial charge in [0.1, 0.15) is 0 Å². The highest BCUT2D eigenvalue weighted by atomic mass is 16.5. The Kier molecular flexibility index (Phi) is 10.5. The molecule has 0 unspecified atom stereocenters. The van der Waals surface area contributed by atoms with Crippen molar-refractivity contribution in [3.8, 4) is 11.1 Å². The number of rotatable bonds is 11. The minimum absolute atomic E-state index is 0.0518. The fourth-order valence-corrected chi connectivity index (χ4v) is 3.92. The zero-order valence-electron chi connectivity index (χ0n) is 21.1. The van der Waals surface area contributed by atoms with E-state index >= 15 is 0 Å². The lowest BCUT2D eigenvalue weighted by Crippen LogP contribution is -2.05. The van der Waals surface area contributed by atoms with E-state index in [2.05, 4.69) is 62.0 Å². The number of carbonyl (C=O) groups excluding carboxylic acids is 2. The Bertz CT molecular complexity index is 1090. The van der Waals surface area contributed by atoms with Gasteiger partial charge in [0.05, 0.1) is 6.61 Å². The van der Waals surface area contributed by atoms with Gasteiger partial charge < -0.3 is 4.74 Å². The van der Waals surface area contributed by atoms with E-state index in [9.17, 15) is 9.59 Å². The molecule has 0 aromatic heterocycles. The Hall–Kier alpha value is -3.46. The van der Waals surface area contributed by atoms with E-state index in [0.29, 0.717) is 25.9 Å². The fourth-order valence-electron chi connectivity index (χ4n) is 3.92. The van der Waals surface area contributed by atoms with E-state index < -0.39 is 0 Å². The minimum Gasteiger partial charge on any atom is -0.466 e. The lowest BCUT2D eigenvalue weighted by atomic mass is 9.89. The monoisotopic (exact) mass is 456 g/mol. The van der Waals surface area contributed by atoms with Gasteiger partial charge in [-0.2, -0.15) is 0 Å². The maximum Gasteiger partial charge on any atom is 0.306 e. The molecule has 3 nitrogen and oxygen atoms in total. The molecule has 2 aromatic rings. The molecule has 0 fully saturated rings. The summed E-state index contributed by atoms with van der Waals surface area (Å²) >= 11 is 0. The first-order chi connectivity index (χ1) is 16.3. The van der Waals surface area contributed by atoms with Crippen LogP contribution < -0.4 is 0 Å². The highest BCUT2D eigenvalue weighted by molar-refractivity contribution is 6.01. The van der Waals surface area contributed by atoms with Crippen LogP contribution in [0.25, 0.3) is 16.7 Å². The molecule has 34 heavy (non-hydrogen) atoms. The van der Waals surface area contributed by atoms with E-state index in [0.717, 1.165) is 44.5 Å². The van der Waals surface area contributed by atoms with Crippen LogP contribution >= 0.6 is 0 Å². The van der Waals surface area contributed by atoms with Gasteiger partial charge in [0, 0.05) is 12.0 Å². The molecule has 0 aliphatic carbocycles. The van der Waals surface area contributed by atoms with Gasteiger partial charge in [0.15, 0.2) is 5.78 Å². The minimum atomic E-state index is -0.161. The SMILES string of the molecule is C=C/C(C/C=C\C)=C(C(C)=O)/C(C)=C(\C)c1ccc(-c2ccc(CCC(=O)OCC)cc2)cc1. The summed E-state index contributed by atoms with van der Waals surface area (Å²) < 4.78 is 5.00. The second kappa shape index (κ2) is 13.3. The van der Waals surface area contributed by atoms with Crippen LogP contribution in [0.5, 0.6) is 0 Å². The third kappa shape index (κ3) is 7.28. The Morgan fingerprint density at radius 2 is 1.53 bits per heavy atom. The number of hydrogen-bond donors (Lipinski definition) is 0. The number of ketones is 1. The van der Waals surface area contributed by atoms with Crippen molar-refractivity contribution < 1.29 is 14.3 Å². The molecule has 2 rings (SSSR count). The summed E-state index contributed by atoms with van der Waals surface area (Å²) in [6, 6.07) is 16.7. The molecule has 0 N–H and O–H groups in total. The number of benzene rings is 2. The number of esters is 1. The Morgan fingerprint density at radius 3 is 2.03 bits per heavy atom. The maximum absolute atomic E-state index is 12.5. The molecule has 0 bridgehead atoms. The molecule has 2 aromatic carbocycles. The van der Waals surface area contributed by atoms with Crippen molar-refractivity contribution in [2.75, 3.05) is 6.61 Å². The molecule has 0 saturated carbocycles.